The number of esters is 1. The fraction of sp³-hybridized carbons (Fsp3) is 0.308. The molecule has 0 aliphatic heterocycles. The number of aliphatic hydroxyl groups excluding tert-OH is 1. The summed E-state index contributed by atoms with van der Waals surface area (Å²) in [6.07, 6.45) is 1.65. The van der Waals surface area contributed by atoms with E-state index in [9.17, 15) is 4.79 Å². The largest absolute Gasteiger partial charge is 0.490 e. The molecule has 0 aliphatic carbocycles. The molecular weight excluding hydrogens is 220 g/mol. The monoisotopic (exact) mass is 236 g/mol. The molecule has 0 heterocycles. The van der Waals surface area contributed by atoms with E-state index >= 15 is 0 Å². The molecule has 0 aliphatic rings. The van der Waals surface area contributed by atoms with Crippen LogP contribution in [0, 0.1) is 0 Å². The second-order valence-corrected chi connectivity index (χ2v) is 3.50. The Hall–Kier alpha value is -1.81. The first-order valence-corrected chi connectivity index (χ1v) is 5.25. The van der Waals surface area contributed by atoms with Crippen molar-refractivity contribution in [3.05, 3.63) is 41.5 Å². The molecule has 0 amide bonds. The zero-order valence-electron chi connectivity index (χ0n) is 9.97. The molecule has 92 valence electrons. The molecule has 1 rings (SSSR count). The third-order valence-electron chi connectivity index (χ3n) is 2.23. The lowest BCUT2D eigenvalue weighted by Crippen LogP contribution is -2.04. The van der Waals surface area contributed by atoms with Gasteiger partial charge in [-0.15, -0.1) is 0 Å². The van der Waals surface area contributed by atoms with Gasteiger partial charge < -0.3 is 14.6 Å². The van der Waals surface area contributed by atoms with Gasteiger partial charge in [0.15, 0.2) is 0 Å². The topological polar surface area (TPSA) is 55.8 Å². The molecule has 17 heavy (non-hydrogen) atoms. The van der Waals surface area contributed by atoms with Crippen molar-refractivity contribution in [2.75, 3.05) is 13.7 Å². The number of methoxy groups -OCH3 is 1. The van der Waals surface area contributed by atoms with E-state index in [0.29, 0.717) is 11.3 Å². The minimum Gasteiger partial charge on any atom is -0.490 e. The molecule has 0 atom stereocenters. The number of carbonyl (C=O) groups excluding carboxylic acids is 1. The number of hydrogen-bond acceptors (Lipinski definition) is 4. The summed E-state index contributed by atoms with van der Waals surface area (Å²) in [5.41, 5.74) is 1.29. The minimum absolute atomic E-state index is 0.0196. The maximum Gasteiger partial charge on any atom is 0.333 e. The number of rotatable bonds is 5. The molecule has 0 saturated carbocycles. The Balaban J connectivity index is 2.53. The van der Waals surface area contributed by atoms with Crippen LogP contribution in [-0.2, 0) is 16.1 Å². The van der Waals surface area contributed by atoms with Crippen molar-refractivity contribution in [2.24, 2.45) is 0 Å². The fourth-order valence-corrected chi connectivity index (χ4v) is 1.24. The molecule has 0 spiro atoms. The molecule has 0 aromatic heterocycles. The Morgan fingerprint density at radius 3 is 2.88 bits per heavy atom. The van der Waals surface area contributed by atoms with Gasteiger partial charge >= 0.3 is 5.97 Å². The average molecular weight is 236 g/mol. The maximum absolute atomic E-state index is 11.1. The van der Waals surface area contributed by atoms with Gasteiger partial charge in [0, 0.05) is 5.57 Å². The van der Waals surface area contributed by atoms with Crippen LogP contribution in [0.5, 0.6) is 5.75 Å². The fourth-order valence-electron chi connectivity index (χ4n) is 1.24. The highest BCUT2D eigenvalue weighted by Gasteiger charge is 2.02. The lowest BCUT2D eigenvalue weighted by molar-refractivity contribution is -0.136. The van der Waals surface area contributed by atoms with Gasteiger partial charge in [0.1, 0.15) is 12.4 Å². The van der Waals surface area contributed by atoms with E-state index in [2.05, 4.69) is 4.74 Å². The summed E-state index contributed by atoms with van der Waals surface area (Å²) in [4.78, 5) is 11.1. The molecule has 0 bridgehead atoms. The van der Waals surface area contributed by atoms with Crippen LogP contribution < -0.4 is 4.74 Å². The molecule has 0 unspecified atom stereocenters. The molecule has 0 fully saturated rings. The molecular formula is C13H16O4. The number of aliphatic hydroxyl groups is 1. The second kappa shape index (κ2) is 6.70. The van der Waals surface area contributed by atoms with Gasteiger partial charge in [0.2, 0.25) is 0 Å². The predicted molar refractivity (Wildman–Crippen MR) is 63.6 cm³/mol. The Morgan fingerprint density at radius 1 is 1.47 bits per heavy atom. The average Bonchev–Trinajstić information content (AvgIpc) is 2.37. The van der Waals surface area contributed by atoms with E-state index in [1.54, 1.807) is 31.2 Å². The summed E-state index contributed by atoms with van der Waals surface area (Å²) in [6, 6.07) is 7.15. The van der Waals surface area contributed by atoms with Gasteiger partial charge in [-0.2, -0.15) is 0 Å². The highest BCUT2D eigenvalue weighted by Crippen LogP contribution is 2.13. The minimum atomic E-state index is -0.363. The van der Waals surface area contributed by atoms with E-state index in [1.165, 1.54) is 7.11 Å². The molecule has 1 aromatic carbocycles. The summed E-state index contributed by atoms with van der Waals surface area (Å²) in [6.45, 7) is 1.93. The van der Waals surface area contributed by atoms with Crippen LogP contribution in [0.15, 0.2) is 35.9 Å². The van der Waals surface area contributed by atoms with Crippen molar-refractivity contribution in [3.8, 4) is 5.75 Å². The van der Waals surface area contributed by atoms with Gasteiger partial charge in [0.05, 0.1) is 13.7 Å². The van der Waals surface area contributed by atoms with E-state index in [0.717, 1.165) is 5.56 Å². The highest BCUT2D eigenvalue weighted by molar-refractivity contribution is 5.87. The van der Waals surface area contributed by atoms with Crippen LogP contribution in [0.3, 0.4) is 0 Å². The number of ether oxygens (including phenoxy) is 2. The maximum atomic E-state index is 11.1. The van der Waals surface area contributed by atoms with Crippen molar-refractivity contribution in [1.29, 1.82) is 0 Å². The first-order chi connectivity index (χ1) is 8.17. The van der Waals surface area contributed by atoms with Gasteiger partial charge in [-0.25, -0.2) is 4.79 Å². The molecule has 4 nitrogen and oxygen atoms in total. The lowest BCUT2D eigenvalue weighted by Gasteiger charge is -2.05. The van der Waals surface area contributed by atoms with Crippen molar-refractivity contribution in [1.82, 2.24) is 0 Å². The second-order valence-electron chi connectivity index (χ2n) is 3.50. The van der Waals surface area contributed by atoms with Crippen LogP contribution in [-0.4, -0.2) is 24.8 Å². The summed E-state index contributed by atoms with van der Waals surface area (Å²) < 4.78 is 9.97. The van der Waals surface area contributed by atoms with Crippen molar-refractivity contribution in [2.45, 2.75) is 13.5 Å². The predicted octanol–water partition coefficient (Wildman–Crippen LogP) is 1.68. The van der Waals surface area contributed by atoms with E-state index in [-0.39, 0.29) is 19.2 Å². The van der Waals surface area contributed by atoms with Crippen molar-refractivity contribution >= 4 is 5.97 Å². The highest BCUT2D eigenvalue weighted by atomic mass is 16.5. The quantitative estimate of drug-likeness (QED) is 0.624. The standard InChI is InChI=1S/C13H16O4/c1-10(13(15)16-2)6-7-17-12-5-3-4-11(8-12)9-14/h3-6,8,14H,7,9H2,1-2H3. The first kappa shape index (κ1) is 13.3. The van der Waals surface area contributed by atoms with Gasteiger partial charge in [-0.3, -0.25) is 0 Å². The van der Waals surface area contributed by atoms with E-state index in [1.807, 2.05) is 6.07 Å². The van der Waals surface area contributed by atoms with E-state index < -0.39 is 0 Å². The number of carbonyl (C=O) groups is 1. The van der Waals surface area contributed by atoms with E-state index in [4.69, 9.17) is 9.84 Å². The summed E-state index contributed by atoms with van der Waals surface area (Å²) in [5.74, 6) is 0.295. The first-order valence-electron chi connectivity index (χ1n) is 5.25. The number of hydrogen-bond donors (Lipinski definition) is 1. The van der Waals surface area contributed by atoms with Gasteiger partial charge in [-0.1, -0.05) is 12.1 Å². The lowest BCUT2D eigenvalue weighted by atomic mass is 10.2. The molecule has 1 aromatic rings. The van der Waals surface area contributed by atoms with Gasteiger partial charge in [0.25, 0.3) is 0 Å². The van der Waals surface area contributed by atoms with Crippen LogP contribution in [0.4, 0.5) is 0 Å². The zero-order chi connectivity index (χ0) is 12.7. The summed E-state index contributed by atoms with van der Waals surface area (Å²) in [7, 11) is 1.34. The molecule has 0 radical (unpaired) electrons. The Morgan fingerprint density at radius 2 is 2.24 bits per heavy atom. The van der Waals surface area contributed by atoms with Crippen molar-refractivity contribution in [3.63, 3.8) is 0 Å². The summed E-state index contributed by atoms with van der Waals surface area (Å²) >= 11 is 0. The van der Waals surface area contributed by atoms with Gasteiger partial charge in [-0.05, 0) is 30.7 Å². The molecule has 4 heteroatoms. The Labute approximate surface area is 100 Å². The van der Waals surface area contributed by atoms with Crippen LogP contribution in [0.25, 0.3) is 0 Å². The normalized spacial score (nSPS) is 11.1. The third-order valence-corrected chi connectivity index (χ3v) is 2.23. The smallest absolute Gasteiger partial charge is 0.333 e. The molecule has 0 saturated heterocycles. The van der Waals surface area contributed by atoms with Crippen LogP contribution >= 0.6 is 0 Å². The Bertz CT molecular complexity index is 410. The summed E-state index contributed by atoms with van der Waals surface area (Å²) in [5, 5.41) is 8.95. The number of benzene rings is 1. The zero-order valence-corrected chi connectivity index (χ0v) is 9.97. The third kappa shape index (κ3) is 4.28. The molecule has 1 N–H and O–H groups in total. The van der Waals surface area contributed by atoms with Crippen LogP contribution in [0.1, 0.15) is 12.5 Å². The van der Waals surface area contributed by atoms with Crippen molar-refractivity contribution < 1.29 is 19.4 Å². The Kier molecular flexibility index (Phi) is 5.23. The SMILES string of the molecule is COC(=O)C(C)=CCOc1cccc(CO)c1. The van der Waals surface area contributed by atoms with Crippen LogP contribution in [0.2, 0.25) is 0 Å².